The van der Waals surface area contributed by atoms with Crippen molar-refractivity contribution in [3.05, 3.63) is 68.7 Å². The van der Waals surface area contributed by atoms with Crippen molar-refractivity contribution in [3.63, 3.8) is 0 Å². The summed E-state index contributed by atoms with van der Waals surface area (Å²) in [6.07, 6.45) is 1.13. The number of nitrogens with one attached hydrogen (secondary N) is 1. The van der Waals surface area contributed by atoms with Crippen molar-refractivity contribution in [3.8, 4) is 0 Å². The van der Waals surface area contributed by atoms with Crippen LogP contribution in [0.1, 0.15) is 47.2 Å². The van der Waals surface area contributed by atoms with E-state index in [-0.39, 0.29) is 6.04 Å². The van der Waals surface area contributed by atoms with Crippen LogP contribution >= 0.6 is 15.9 Å². The van der Waals surface area contributed by atoms with E-state index in [1.807, 2.05) is 0 Å². The summed E-state index contributed by atoms with van der Waals surface area (Å²) in [6.45, 7) is 9.72. The molecule has 0 aliphatic heterocycles. The quantitative estimate of drug-likeness (QED) is 0.758. The van der Waals surface area contributed by atoms with Crippen LogP contribution in [0.4, 0.5) is 0 Å². The number of hydrogen-bond acceptors (Lipinski definition) is 1. The fourth-order valence-corrected chi connectivity index (χ4v) is 3.40. The zero-order valence-corrected chi connectivity index (χ0v) is 14.9. The molecular formula is C19H24BrN. The number of hydrogen-bond donors (Lipinski definition) is 1. The molecule has 0 saturated heterocycles. The highest BCUT2D eigenvalue weighted by atomic mass is 79.9. The Balaban J connectivity index is 2.46. The predicted octanol–water partition coefficient (Wildman–Crippen LogP) is 5.46. The Labute approximate surface area is 136 Å². The second kappa shape index (κ2) is 7.24. The summed E-state index contributed by atoms with van der Waals surface area (Å²) in [7, 11) is 0. The lowest BCUT2D eigenvalue weighted by Gasteiger charge is -2.22. The maximum absolute atomic E-state index is 3.70. The zero-order valence-electron chi connectivity index (χ0n) is 13.3. The summed E-state index contributed by atoms with van der Waals surface area (Å²) in [5, 5.41) is 3.70. The van der Waals surface area contributed by atoms with Crippen molar-refractivity contribution >= 4 is 15.9 Å². The van der Waals surface area contributed by atoms with Crippen LogP contribution in [0, 0.1) is 20.8 Å². The monoisotopic (exact) mass is 345 g/mol. The molecule has 0 amide bonds. The minimum Gasteiger partial charge on any atom is -0.306 e. The van der Waals surface area contributed by atoms with Crippen LogP contribution in [0.3, 0.4) is 0 Å². The van der Waals surface area contributed by atoms with Crippen molar-refractivity contribution in [2.24, 2.45) is 0 Å². The largest absolute Gasteiger partial charge is 0.306 e. The van der Waals surface area contributed by atoms with Crippen LogP contribution in [-0.2, 0) is 0 Å². The molecule has 1 unspecified atom stereocenters. The fraction of sp³-hybridized carbons (Fsp3) is 0.368. The maximum Gasteiger partial charge on any atom is 0.0579 e. The molecule has 2 rings (SSSR count). The van der Waals surface area contributed by atoms with E-state index in [9.17, 15) is 0 Å². The molecule has 0 aliphatic carbocycles. The molecule has 2 aromatic carbocycles. The Kier molecular flexibility index (Phi) is 5.60. The van der Waals surface area contributed by atoms with E-state index < -0.39 is 0 Å². The van der Waals surface area contributed by atoms with Gasteiger partial charge in [-0.15, -0.1) is 0 Å². The van der Waals surface area contributed by atoms with Crippen molar-refractivity contribution in [1.82, 2.24) is 5.32 Å². The standard InChI is InChI=1S/C19H24BrN/c1-5-8-21-19(16-10-14(3)11-17(20)12-16)18-7-6-13(2)9-15(18)4/h6-7,9-12,19,21H,5,8H2,1-4H3. The first-order valence-electron chi connectivity index (χ1n) is 7.59. The van der Waals surface area contributed by atoms with Gasteiger partial charge in [-0.25, -0.2) is 0 Å². The highest BCUT2D eigenvalue weighted by molar-refractivity contribution is 9.10. The van der Waals surface area contributed by atoms with Crippen LogP contribution in [0.25, 0.3) is 0 Å². The molecule has 0 saturated carbocycles. The van der Waals surface area contributed by atoms with Gasteiger partial charge < -0.3 is 5.32 Å². The van der Waals surface area contributed by atoms with Gasteiger partial charge in [-0.3, -0.25) is 0 Å². The first-order valence-corrected chi connectivity index (χ1v) is 8.38. The Morgan fingerprint density at radius 2 is 1.76 bits per heavy atom. The van der Waals surface area contributed by atoms with E-state index in [0.29, 0.717) is 0 Å². The molecule has 0 radical (unpaired) electrons. The van der Waals surface area contributed by atoms with Gasteiger partial charge in [-0.1, -0.05) is 52.7 Å². The van der Waals surface area contributed by atoms with Gasteiger partial charge >= 0.3 is 0 Å². The van der Waals surface area contributed by atoms with E-state index >= 15 is 0 Å². The smallest absolute Gasteiger partial charge is 0.0579 e. The first-order chi connectivity index (χ1) is 10.0. The molecule has 2 heteroatoms. The zero-order chi connectivity index (χ0) is 15.4. The SMILES string of the molecule is CCCNC(c1cc(C)cc(Br)c1)c1ccc(C)cc1C. The average Bonchev–Trinajstić information content (AvgIpc) is 2.40. The molecule has 0 bridgehead atoms. The molecule has 21 heavy (non-hydrogen) atoms. The molecule has 0 fully saturated rings. The summed E-state index contributed by atoms with van der Waals surface area (Å²) in [5.41, 5.74) is 6.64. The molecule has 1 nitrogen and oxygen atoms in total. The Morgan fingerprint density at radius 3 is 2.38 bits per heavy atom. The molecule has 2 aromatic rings. The van der Waals surface area contributed by atoms with Crippen molar-refractivity contribution in [2.45, 2.75) is 40.2 Å². The highest BCUT2D eigenvalue weighted by Crippen LogP contribution is 2.28. The average molecular weight is 346 g/mol. The summed E-state index contributed by atoms with van der Waals surface area (Å²) in [5.74, 6) is 0. The minimum atomic E-state index is 0.252. The second-order valence-electron chi connectivity index (χ2n) is 5.81. The lowest BCUT2D eigenvalue weighted by Crippen LogP contribution is -2.24. The number of rotatable bonds is 5. The van der Waals surface area contributed by atoms with Crippen LogP contribution in [0.5, 0.6) is 0 Å². The van der Waals surface area contributed by atoms with Gasteiger partial charge in [0.1, 0.15) is 0 Å². The lowest BCUT2D eigenvalue weighted by molar-refractivity contribution is 0.595. The number of aryl methyl sites for hydroxylation is 3. The molecule has 0 spiro atoms. The molecule has 0 aliphatic rings. The molecule has 1 N–H and O–H groups in total. The fourth-order valence-electron chi connectivity index (χ4n) is 2.78. The Hall–Kier alpha value is -1.12. The predicted molar refractivity (Wildman–Crippen MR) is 94.9 cm³/mol. The minimum absolute atomic E-state index is 0.252. The van der Waals surface area contributed by atoms with Crippen LogP contribution in [-0.4, -0.2) is 6.54 Å². The summed E-state index contributed by atoms with van der Waals surface area (Å²) >= 11 is 3.62. The van der Waals surface area contributed by atoms with Crippen molar-refractivity contribution in [2.75, 3.05) is 6.54 Å². The highest BCUT2D eigenvalue weighted by Gasteiger charge is 2.16. The summed E-state index contributed by atoms with van der Waals surface area (Å²) in [4.78, 5) is 0. The molecule has 0 heterocycles. The summed E-state index contributed by atoms with van der Waals surface area (Å²) in [6, 6.07) is 13.6. The second-order valence-corrected chi connectivity index (χ2v) is 6.72. The lowest BCUT2D eigenvalue weighted by atomic mass is 9.93. The third-order valence-electron chi connectivity index (χ3n) is 3.73. The third kappa shape index (κ3) is 4.18. The van der Waals surface area contributed by atoms with Gasteiger partial charge in [0.25, 0.3) is 0 Å². The molecule has 1 atom stereocenters. The van der Waals surface area contributed by atoms with E-state index in [0.717, 1.165) is 17.4 Å². The Morgan fingerprint density at radius 1 is 1.00 bits per heavy atom. The van der Waals surface area contributed by atoms with E-state index in [2.05, 4.69) is 85.3 Å². The van der Waals surface area contributed by atoms with E-state index in [4.69, 9.17) is 0 Å². The van der Waals surface area contributed by atoms with Crippen molar-refractivity contribution in [1.29, 1.82) is 0 Å². The van der Waals surface area contributed by atoms with Crippen LogP contribution < -0.4 is 5.32 Å². The van der Waals surface area contributed by atoms with Crippen molar-refractivity contribution < 1.29 is 0 Å². The molecule has 112 valence electrons. The first kappa shape index (κ1) is 16.3. The number of benzene rings is 2. The molecule has 0 aromatic heterocycles. The van der Waals surface area contributed by atoms with Crippen LogP contribution in [0.2, 0.25) is 0 Å². The van der Waals surface area contributed by atoms with Gasteiger partial charge in [0.05, 0.1) is 6.04 Å². The van der Waals surface area contributed by atoms with Gasteiger partial charge in [0, 0.05) is 4.47 Å². The van der Waals surface area contributed by atoms with Gasteiger partial charge in [-0.05, 0) is 68.1 Å². The van der Waals surface area contributed by atoms with Gasteiger partial charge in [0.15, 0.2) is 0 Å². The van der Waals surface area contributed by atoms with Gasteiger partial charge in [-0.2, -0.15) is 0 Å². The normalized spacial score (nSPS) is 12.4. The third-order valence-corrected chi connectivity index (χ3v) is 4.19. The maximum atomic E-state index is 3.70. The van der Waals surface area contributed by atoms with E-state index in [1.54, 1.807) is 0 Å². The molecular weight excluding hydrogens is 322 g/mol. The van der Waals surface area contributed by atoms with E-state index in [1.165, 1.54) is 27.8 Å². The van der Waals surface area contributed by atoms with Gasteiger partial charge in [0.2, 0.25) is 0 Å². The Bertz CT molecular complexity index is 599. The number of halogens is 1. The van der Waals surface area contributed by atoms with Crippen LogP contribution in [0.15, 0.2) is 40.9 Å². The topological polar surface area (TPSA) is 12.0 Å². The summed E-state index contributed by atoms with van der Waals surface area (Å²) < 4.78 is 1.14.